The van der Waals surface area contributed by atoms with Gasteiger partial charge in [0.2, 0.25) is 0 Å². The van der Waals surface area contributed by atoms with E-state index >= 15 is 0 Å². The van der Waals surface area contributed by atoms with Crippen molar-refractivity contribution in [3.8, 4) is 11.4 Å². The van der Waals surface area contributed by atoms with E-state index < -0.39 is 0 Å². The summed E-state index contributed by atoms with van der Waals surface area (Å²) < 4.78 is 15.3. The van der Waals surface area contributed by atoms with Gasteiger partial charge in [-0.3, -0.25) is 3.97 Å². The van der Waals surface area contributed by atoms with Crippen LogP contribution in [0.25, 0.3) is 22.4 Å². The van der Waals surface area contributed by atoms with E-state index in [0.717, 1.165) is 10.6 Å². The summed E-state index contributed by atoms with van der Waals surface area (Å²) in [6, 6.07) is 3.31. The van der Waals surface area contributed by atoms with Gasteiger partial charge in [0.25, 0.3) is 0 Å². The van der Waals surface area contributed by atoms with Gasteiger partial charge in [0.05, 0.1) is 11.2 Å². The van der Waals surface area contributed by atoms with E-state index in [1.54, 1.807) is 18.0 Å². The number of aromatic nitrogens is 4. The number of rotatable bonds is 3. The van der Waals surface area contributed by atoms with Gasteiger partial charge in [-0.25, -0.2) is 19.3 Å². The number of hydrogen-bond acceptors (Lipinski definition) is 5. The minimum Gasteiger partial charge on any atom is -0.265 e. The molecule has 0 aliphatic rings. The molecule has 102 valence electrons. The first-order chi connectivity index (χ1) is 9.72. The van der Waals surface area contributed by atoms with Gasteiger partial charge in [-0.2, -0.15) is 0 Å². The van der Waals surface area contributed by atoms with Gasteiger partial charge in [0.15, 0.2) is 11.5 Å². The lowest BCUT2D eigenvalue weighted by Gasteiger charge is -2.00. The average Bonchev–Trinajstić information content (AvgIpc) is 2.85. The molecular weight excluding hydrogens is 410 g/mol. The van der Waals surface area contributed by atoms with Gasteiger partial charge in [0.1, 0.15) is 5.82 Å². The Bertz CT molecular complexity index is 777. The summed E-state index contributed by atoms with van der Waals surface area (Å²) in [5.41, 5.74) is 1.49. The number of thioether (sulfide) groups is 1. The van der Waals surface area contributed by atoms with Crippen LogP contribution in [0.2, 0.25) is 0 Å². The summed E-state index contributed by atoms with van der Waals surface area (Å²) in [5.74, 6) is 0.217. The minimum absolute atomic E-state index is 0.365. The van der Waals surface area contributed by atoms with E-state index in [9.17, 15) is 4.39 Å². The van der Waals surface area contributed by atoms with Crippen molar-refractivity contribution >= 4 is 53.1 Å². The van der Waals surface area contributed by atoms with Gasteiger partial charge in [-0.15, -0.1) is 11.8 Å². The SMILES string of the molecule is CSc1ccnc(-c2cn(SI)c3ncc(F)cc23)n1. The molecule has 0 spiro atoms. The molecule has 20 heavy (non-hydrogen) atoms. The van der Waals surface area contributed by atoms with Crippen LogP contribution in [0, 0.1) is 5.82 Å². The van der Waals surface area contributed by atoms with E-state index in [0.29, 0.717) is 16.9 Å². The maximum Gasteiger partial charge on any atom is 0.162 e. The average molecular weight is 418 g/mol. The second-order valence-corrected chi connectivity index (χ2v) is 6.42. The molecule has 0 aromatic carbocycles. The van der Waals surface area contributed by atoms with Gasteiger partial charge in [-0.1, -0.05) is 0 Å². The fourth-order valence-electron chi connectivity index (χ4n) is 1.87. The third kappa shape index (κ3) is 2.51. The normalized spacial score (nSPS) is 11.2. The molecule has 4 nitrogen and oxygen atoms in total. The predicted octanol–water partition coefficient (Wildman–Crippen LogP) is 4.20. The molecule has 0 aliphatic carbocycles. The molecule has 0 atom stereocenters. The van der Waals surface area contributed by atoms with Crippen LogP contribution in [0.3, 0.4) is 0 Å². The Hall–Kier alpha value is -0.870. The van der Waals surface area contributed by atoms with Crippen LogP contribution in [0.4, 0.5) is 4.39 Å². The van der Waals surface area contributed by atoms with Crippen LogP contribution in [0.15, 0.2) is 35.7 Å². The Morgan fingerprint density at radius 2 is 2.20 bits per heavy atom. The monoisotopic (exact) mass is 418 g/mol. The minimum atomic E-state index is -0.365. The highest BCUT2D eigenvalue weighted by Gasteiger charge is 2.15. The second-order valence-electron chi connectivity index (χ2n) is 3.88. The van der Waals surface area contributed by atoms with Crippen molar-refractivity contribution in [2.24, 2.45) is 0 Å². The second kappa shape index (κ2) is 5.86. The fraction of sp³-hybridized carbons (Fsp3) is 0.0833. The van der Waals surface area contributed by atoms with E-state index in [1.165, 1.54) is 21.4 Å². The van der Waals surface area contributed by atoms with Gasteiger partial charge < -0.3 is 0 Å². The maximum atomic E-state index is 13.5. The third-order valence-electron chi connectivity index (χ3n) is 2.73. The molecule has 0 N–H and O–H groups in total. The van der Waals surface area contributed by atoms with Crippen LogP contribution in [-0.4, -0.2) is 25.2 Å². The first kappa shape index (κ1) is 14.1. The highest BCUT2D eigenvalue weighted by Crippen LogP contribution is 2.32. The van der Waals surface area contributed by atoms with Gasteiger partial charge >= 0.3 is 0 Å². The van der Waals surface area contributed by atoms with Crippen LogP contribution in [0.5, 0.6) is 0 Å². The molecule has 8 heteroatoms. The van der Waals surface area contributed by atoms with Crippen LogP contribution in [-0.2, 0) is 0 Å². The molecule has 0 aliphatic heterocycles. The van der Waals surface area contributed by atoms with Crippen LogP contribution < -0.4 is 0 Å². The number of nitrogens with zero attached hydrogens (tertiary/aromatic N) is 4. The summed E-state index contributed by atoms with van der Waals surface area (Å²) in [6.45, 7) is 0. The summed E-state index contributed by atoms with van der Waals surface area (Å²) in [6.07, 6.45) is 6.76. The molecule has 0 fully saturated rings. The molecule has 3 rings (SSSR count). The number of pyridine rings is 1. The quantitative estimate of drug-likeness (QED) is 0.363. The Balaban J connectivity index is 2.26. The predicted molar refractivity (Wildman–Crippen MR) is 89.5 cm³/mol. The molecule has 3 heterocycles. The van der Waals surface area contributed by atoms with Crippen LogP contribution in [0.1, 0.15) is 0 Å². The Morgan fingerprint density at radius 1 is 1.35 bits per heavy atom. The van der Waals surface area contributed by atoms with Gasteiger partial charge in [0, 0.05) is 53.7 Å². The summed E-state index contributed by atoms with van der Waals surface area (Å²) in [5, 5.41) is 1.59. The van der Waals surface area contributed by atoms with Crippen molar-refractivity contribution in [1.82, 2.24) is 18.9 Å². The summed E-state index contributed by atoms with van der Waals surface area (Å²) >= 11 is 3.70. The standard InChI is InChI=1S/C12H8FIN4S2/c1-19-10-2-3-15-11(17-10)9-6-18(20-14)12-8(9)4-7(13)5-16-12/h2-6H,1H3. The topological polar surface area (TPSA) is 43.6 Å². The summed E-state index contributed by atoms with van der Waals surface area (Å²) in [4.78, 5) is 12.9. The lowest BCUT2D eigenvalue weighted by atomic mass is 10.2. The zero-order chi connectivity index (χ0) is 14.1. The van der Waals surface area contributed by atoms with Crippen molar-refractivity contribution in [3.63, 3.8) is 0 Å². The van der Waals surface area contributed by atoms with Gasteiger partial charge in [-0.05, 0) is 18.4 Å². The molecular formula is C12H8FIN4S2. The molecule has 0 bridgehead atoms. The molecule has 0 amide bonds. The number of halogens is 2. The highest BCUT2D eigenvalue weighted by molar-refractivity contribution is 14.2. The molecule has 0 unspecified atom stereocenters. The highest BCUT2D eigenvalue weighted by atomic mass is 127. The van der Waals surface area contributed by atoms with E-state index in [-0.39, 0.29) is 5.82 Å². The third-order valence-corrected chi connectivity index (χ3v) is 5.08. The lowest BCUT2D eigenvalue weighted by Crippen LogP contribution is -1.89. The van der Waals surface area contributed by atoms with E-state index in [1.807, 2.05) is 22.5 Å². The maximum absolute atomic E-state index is 13.5. The van der Waals surface area contributed by atoms with Crippen molar-refractivity contribution in [3.05, 3.63) is 36.5 Å². The largest absolute Gasteiger partial charge is 0.265 e. The first-order valence-corrected chi connectivity index (χ1v) is 10.1. The van der Waals surface area contributed by atoms with Crippen LogP contribution >= 0.6 is 42.1 Å². The molecule has 0 saturated heterocycles. The number of hydrogen-bond donors (Lipinski definition) is 0. The Morgan fingerprint density at radius 3 is 2.95 bits per heavy atom. The zero-order valence-electron chi connectivity index (χ0n) is 10.2. The first-order valence-electron chi connectivity index (χ1n) is 5.56. The summed E-state index contributed by atoms with van der Waals surface area (Å²) in [7, 11) is 1.47. The van der Waals surface area contributed by atoms with Crippen molar-refractivity contribution in [2.45, 2.75) is 5.03 Å². The van der Waals surface area contributed by atoms with E-state index in [4.69, 9.17) is 0 Å². The smallest absolute Gasteiger partial charge is 0.162 e. The number of fused-ring (bicyclic) bond motifs is 1. The Labute approximate surface area is 135 Å². The molecule has 3 aromatic heterocycles. The van der Waals surface area contributed by atoms with E-state index in [2.05, 4.69) is 36.2 Å². The molecule has 0 radical (unpaired) electrons. The van der Waals surface area contributed by atoms with Crippen molar-refractivity contribution < 1.29 is 4.39 Å². The lowest BCUT2D eigenvalue weighted by molar-refractivity contribution is 0.624. The van der Waals surface area contributed by atoms with Crippen molar-refractivity contribution in [2.75, 3.05) is 6.26 Å². The Kier molecular flexibility index (Phi) is 4.13. The molecule has 0 saturated carbocycles. The zero-order valence-corrected chi connectivity index (χ0v) is 14.0. The molecule has 3 aromatic rings. The fourth-order valence-corrected chi connectivity index (χ4v) is 3.50. The van der Waals surface area contributed by atoms with Crippen molar-refractivity contribution in [1.29, 1.82) is 0 Å².